The summed E-state index contributed by atoms with van der Waals surface area (Å²) in [5.41, 5.74) is 0. The SMILES string of the molecule is CCC(=O)O[C@H]1CCCC[C@@H]1CCC(C)C. The van der Waals surface area contributed by atoms with E-state index in [1.165, 1.54) is 32.1 Å². The van der Waals surface area contributed by atoms with Crippen LogP contribution in [0.25, 0.3) is 0 Å². The van der Waals surface area contributed by atoms with Crippen LogP contribution in [0, 0.1) is 11.8 Å². The summed E-state index contributed by atoms with van der Waals surface area (Å²) in [5, 5.41) is 0. The predicted molar refractivity (Wildman–Crippen MR) is 66.2 cm³/mol. The van der Waals surface area contributed by atoms with Crippen molar-refractivity contribution in [1.29, 1.82) is 0 Å². The number of hydrogen-bond donors (Lipinski definition) is 0. The van der Waals surface area contributed by atoms with Crippen LogP contribution in [0.15, 0.2) is 0 Å². The third kappa shape index (κ3) is 4.54. The number of hydrogen-bond acceptors (Lipinski definition) is 2. The molecule has 0 saturated heterocycles. The average molecular weight is 226 g/mol. The monoisotopic (exact) mass is 226 g/mol. The van der Waals surface area contributed by atoms with Crippen LogP contribution in [0.4, 0.5) is 0 Å². The Balaban J connectivity index is 2.40. The molecule has 0 unspecified atom stereocenters. The maximum atomic E-state index is 11.3. The molecule has 16 heavy (non-hydrogen) atoms. The molecule has 0 N–H and O–H groups in total. The van der Waals surface area contributed by atoms with Crippen molar-refractivity contribution in [3.05, 3.63) is 0 Å². The van der Waals surface area contributed by atoms with E-state index in [1.54, 1.807) is 0 Å². The molecular weight excluding hydrogens is 200 g/mol. The van der Waals surface area contributed by atoms with Crippen molar-refractivity contribution >= 4 is 5.97 Å². The van der Waals surface area contributed by atoms with E-state index in [2.05, 4.69) is 13.8 Å². The van der Waals surface area contributed by atoms with Gasteiger partial charge >= 0.3 is 5.97 Å². The standard InChI is InChI=1S/C14H26O2/c1-4-14(15)16-13-8-6-5-7-12(13)10-9-11(2)3/h11-13H,4-10H2,1-3H3/t12-,13+/m1/s1. The number of esters is 1. The molecule has 0 amide bonds. The molecule has 0 radical (unpaired) electrons. The Hall–Kier alpha value is -0.530. The molecular formula is C14H26O2. The molecule has 0 aromatic heterocycles. The van der Waals surface area contributed by atoms with Gasteiger partial charge in [0.25, 0.3) is 0 Å². The highest BCUT2D eigenvalue weighted by Gasteiger charge is 2.27. The molecule has 1 aliphatic rings. The van der Waals surface area contributed by atoms with Crippen molar-refractivity contribution in [2.24, 2.45) is 11.8 Å². The van der Waals surface area contributed by atoms with E-state index in [4.69, 9.17) is 4.74 Å². The lowest BCUT2D eigenvalue weighted by Gasteiger charge is -2.31. The summed E-state index contributed by atoms with van der Waals surface area (Å²) in [6.45, 7) is 6.39. The van der Waals surface area contributed by atoms with E-state index < -0.39 is 0 Å². The number of rotatable bonds is 5. The van der Waals surface area contributed by atoms with Gasteiger partial charge in [-0.05, 0) is 37.5 Å². The van der Waals surface area contributed by atoms with Crippen LogP contribution in [0.1, 0.15) is 65.7 Å². The molecule has 0 heterocycles. The van der Waals surface area contributed by atoms with E-state index in [9.17, 15) is 4.79 Å². The lowest BCUT2D eigenvalue weighted by atomic mass is 9.82. The van der Waals surface area contributed by atoms with Gasteiger partial charge in [-0.1, -0.05) is 33.6 Å². The van der Waals surface area contributed by atoms with Crippen molar-refractivity contribution < 1.29 is 9.53 Å². The van der Waals surface area contributed by atoms with Crippen LogP contribution in [0.5, 0.6) is 0 Å². The van der Waals surface area contributed by atoms with Crippen LogP contribution < -0.4 is 0 Å². The second kappa shape index (κ2) is 6.93. The third-order valence-electron chi connectivity index (χ3n) is 3.53. The van der Waals surface area contributed by atoms with Gasteiger partial charge in [-0.3, -0.25) is 4.79 Å². The fourth-order valence-electron chi connectivity index (χ4n) is 2.46. The Morgan fingerprint density at radius 3 is 2.62 bits per heavy atom. The second-order valence-electron chi connectivity index (χ2n) is 5.40. The van der Waals surface area contributed by atoms with Gasteiger partial charge in [0.1, 0.15) is 6.10 Å². The highest BCUT2D eigenvalue weighted by Crippen LogP contribution is 2.31. The van der Waals surface area contributed by atoms with Gasteiger partial charge in [0.15, 0.2) is 0 Å². The maximum Gasteiger partial charge on any atom is 0.305 e. The molecule has 0 aromatic carbocycles. The van der Waals surface area contributed by atoms with Crippen molar-refractivity contribution in [2.75, 3.05) is 0 Å². The Labute approximate surface area is 99.8 Å². The highest BCUT2D eigenvalue weighted by atomic mass is 16.5. The van der Waals surface area contributed by atoms with E-state index in [0.29, 0.717) is 12.3 Å². The molecule has 1 saturated carbocycles. The van der Waals surface area contributed by atoms with E-state index in [0.717, 1.165) is 12.3 Å². The summed E-state index contributed by atoms with van der Waals surface area (Å²) < 4.78 is 5.55. The first kappa shape index (κ1) is 13.5. The Morgan fingerprint density at radius 1 is 1.31 bits per heavy atom. The molecule has 0 bridgehead atoms. The van der Waals surface area contributed by atoms with E-state index in [1.807, 2.05) is 6.92 Å². The van der Waals surface area contributed by atoms with Gasteiger partial charge in [-0.25, -0.2) is 0 Å². The number of ether oxygens (including phenoxy) is 1. The predicted octanol–water partition coefficient (Wildman–Crippen LogP) is 3.93. The third-order valence-corrected chi connectivity index (χ3v) is 3.53. The molecule has 0 aliphatic heterocycles. The van der Waals surface area contributed by atoms with Crippen molar-refractivity contribution in [3.8, 4) is 0 Å². The first-order valence-corrected chi connectivity index (χ1v) is 6.83. The van der Waals surface area contributed by atoms with E-state index >= 15 is 0 Å². The largest absolute Gasteiger partial charge is 0.462 e. The van der Waals surface area contributed by atoms with Crippen LogP contribution >= 0.6 is 0 Å². The van der Waals surface area contributed by atoms with Crippen LogP contribution in [-0.4, -0.2) is 12.1 Å². The molecule has 1 fully saturated rings. The minimum atomic E-state index is -0.0264. The highest BCUT2D eigenvalue weighted by molar-refractivity contribution is 5.69. The van der Waals surface area contributed by atoms with Crippen LogP contribution in [0.3, 0.4) is 0 Å². The minimum Gasteiger partial charge on any atom is -0.462 e. The number of carbonyl (C=O) groups is 1. The molecule has 2 nitrogen and oxygen atoms in total. The fraction of sp³-hybridized carbons (Fsp3) is 0.929. The van der Waals surface area contributed by atoms with Crippen LogP contribution in [0.2, 0.25) is 0 Å². The minimum absolute atomic E-state index is 0.0264. The molecule has 0 spiro atoms. The zero-order valence-corrected chi connectivity index (χ0v) is 11.0. The summed E-state index contributed by atoms with van der Waals surface area (Å²) in [6.07, 6.45) is 8.04. The first-order valence-electron chi connectivity index (χ1n) is 6.83. The van der Waals surface area contributed by atoms with Crippen molar-refractivity contribution in [3.63, 3.8) is 0 Å². The smallest absolute Gasteiger partial charge is 0.305 e. The Kier molecular flexibility index (Phi) is 5.86. The second-order valence-corrected chi connectivity index (χ2v) is 5.40. The summed E-state index contributed by atoms with van der Waals surface area (Å²) >= 11 is 0. The van der Waals surface area contributed by atoms with Gasteiger partial charge in [-0.15, -0.1) is 0 Å². The van der Waals surface area contributed by atoms with E-state index in [-0.39, 0.29) is 12.1 Å². The average Bonchev–Trinajstić information content (AvgIpc) is 2.27. The Morgan fingerprint density at radius 2 is 2.00 bits per heavy atom. The molecule has 0 aromatic rings. The summed E-state index contributed by atoms with van der Waals surface area (Å²) in [6, 6.07) is 0. The summed E-state index contributed by atoms with van der Waals surface area (Å²) in [7, 11) is 0. The topological polar surface area (TPSA) is 26.3 Å². The molecule has 94 valence electrons. The lowest BCUT2D eigenvalue weighted by molar-refractivity contribution is -0.153. The Bertz CT molecular complexity index is 211. The zero-order valence-electron chi connectivity index (χ0n) is 11.0. The summed E-state index contributed by atoms with van der Waals surface area (Å²) in [4.78, 5) is 11.3. The number of carbonyl (C=O) groups excluding carboxylic acids is 1. The van der Waals surface area contributed by atoms with Gasteiger partial charge in [0, 0.05) is 6.42 Å². The zero-order chi connectivity index (χ0) is 12.0. The van der Waals surface area contributed by atoms with Gasteiger partial charge in [0.2, 0.25) is 0 Å². The fourth-order valence-corrected chi connectivity index (χ4v) is 2.46. The van der Waals surface area contributed by atoms with Gasteiger partial charge < -0.3 is 4.74 Å². The lowest BCUT2D eigenvalue weighted by Crippen LogP contribution is -2.30. The quantitative estimate of drug-likeness (QED) is 0.664. The molecule has 2 atom stereocenters. The van der Waals surface area contributed by atoms with Crippen LogP contribution in [-0.2, 0) is 9.53 Å². The van der Waals surface area contributed by atoms with Crippen molar-refractivity contribution in [2.45, 2.75) is 71.8 Å². The maximum absolute atomic E-state index is 11.3. The molecule has 1 aliphatic carbocycles. The van der Waals surface area contributed by atoms with Crippen molar-refractivity contribution in [1.82, 2.24) is 0 Å². The first-order chi connectivity index (χ1) is 7.63. The van der Waals surface area contributed by atoms with Gasteiger partial charge in [-0.2, -0.15) is 0 Å². The summed E-state index contributed by atoms with van der Waals surface area (Å²) in [5.74, 6) is 1.34. The molecule has 1 rings (SSSR count). The normalized spacial score (nSPS) is 25.8. The molecule has 2 heteroatoms. The van der Waals surface area contributed by atoms with Gasteiger partial charge in [0.05, 0.1) is 0 Å².